The SMILES string of the molecule is CC1(C)CN(c2ccc(F)cc2C(=O)O)CCO1. The number of halogens is 1. The molecule has 1 aromatic rings. The Balaban J connectivity index is 2.35. The minimum Gasteiger partial charge on any atom is -0.478 e. The Hall–Kier alpha value is -1.62. The molecule has 4 nitrogen and oxygen atoms in total. The van der Waals surface area contributed by atoms with Crippen LogP contribution in [0.2, 0.25) is 0 Å². The molecule has 98 valence electrons. The highest BCUT2D eigenvalue weighted by Crippen LogP contribution is 2.27. The zero-order valence-corrected chi connectivity index (χ0v) is 10.4. The molecule has 2 rings (SSSR count). The quantitative estimate of drug-likeness (QED) is 0.877. The summed E-state index contributed by atoms with van der Waals surface area (Å²) in [7, 11) is 0. The first-order valence-electron chi connectivity index (χ1n) is 5.81. The van der Waals surface area contributed by atoms with E-state index in [0.29, 0.717) is 25.4 Å². The van der Waals surface area contributed by atoms with E-state index in [1.54, 1.807) is 0 Å². The molecule has 1 fully saturated rings. The van der Waals surface area contributed by atoms with Crippen LogP contribution < -0.4 is 4.90 Å². The van der Waals surface area contributed by atoms with Gasteiger partial charge < -0.3 is 14.7 Å². The summed E-state index contributed by atoms with van der Waals surface area (Å²) >= 11 is 0. The third-order valence-corrected chi connectivity index (χ3v) is 2.96. The summed E-state index contributed by atoms with van der Waals surface area (Å²) in [6, 6.07) is 3.85. The lowest BCUT2D eigenvalue weighted by atomic mass is 10.0. The molecule has 18 heavy (non-hydrogen) atoms. The molecule has 1 aromatic carbocycles. The number of rotatable bonds is 2. The summed E-state index contributed by atoms with van der Waals surface area (Å²) in [4.78, 5) is 13.1. The molecule has 0 bridgehead atoms. The van der Waals surface area contributed by atoms with Gasteiger partial charge in [0.2, 0.25) is 0 Å². The number of hydrogen-bond donors (Lipinski definition) is 1. The average molecular weight is 253 g/mol. The predicted molar refractivity (Wildman–Crippen MR) is 65.6 cm³/mol. The van der Waals surface area contributed by atoms with Crippen LogP contribution in [0.4, 0.5) is 10.1 Å². The number of ether oxygens (including phenoxy) is 1. The Kier molecular flexibility index (Phi) is 3.26. The normalized spacial score (nSPS) is 18.7. The first kappa shape index (κ1) is 12.8. The number of carboxylic acid groups (broad SMARTS) is 1. The average Bonchev–Trinajstić information content (AvgIpc) is 2.27. The molecule has 0 radical (unpaired) electrons. The number of benzene rings is 1. The highest BCUT2D eigenvalue weighted by Gasteiger charge is 2.29. The van der Waals surface area contributed by atoms with Gasteiger partial charge in [0.25, 0.3) is 0 Å². The van der Waals surface area contributed by atoms with Gasteiger partial charge in [0.1, 0.15) is 5.82 Å². The third-order valence-electron chi connectivity index (χ3n) is 2.96. The van der Waals surface area contributed by atoms with Gasteiger partial charge in [0.05, 0.1) is 23.5 Å². The van der Waals surface area contributed by atoms with E-state index >= 15 is 0 Å². The second-order valence-corrected chi connectivity index (χ2v) is 5.00. The van der Waals surface area contributed by atoms with Gasteiger partial charge in [-0.1, -0.05) is 0 Å². The summed E-state index contributed by atoms with van der Waals surface area (Å²) in [5.41, 5.74) is 0.204. The molecule has 1 N–H and O–H groups in total. The van der Waals surface area contributed by atoms with Crippen LogP contribution in [0, 0.1) is 5.82 Å². The van der Waals surface area contributed by atoms with Crippen LogP contribution in [0.25, 0.3) is 0 Å². The fraction of sp³-hybridized carbons (Fsp3) is 0.462. The Morgan fingerprint density at radius 1 is 1.50 bits per heavy atom. The van der Waals surface area contributed by atoms with Crippen LogP contribution in [-0.2, 0) is 4.74 Å². The molecular formula is C13H16FNO3. The minimum atomic E-state index is -1.12. The van der Waals surface area contributed by atoms with Gasteiger partial charge in [-0.3, -0.25) is 0 Å². The van der Waals surface area contributed by atoms with Crippen LogP contribution >= 0.6 is 0 Å². The van der Waals surface area contributed by atoms with E-state index < -0.39 is 11.8 Å². The predicted octanol–water partition coefficient (Wildman–Crippen LogP) is 2.14. The van der Waals surface area contributed by atoms with Gasteiger partial charge in [0, 0.05) is 13.1 Å². The van der Waals surface area contributed by atoms with Crippen LogP contribution in [0.3, 0.4) is 0 Å². The molecule has 0 aliphatic carbocycles. The molecule has 0 unspecified atom stereocenters. The number of aromatic carboxylic acids is 1. The number of nitrogens with zero attached hydrogens (tertiary/aromatic N) is 1. The topological polar surface area (TPSA) is 49.8 Å². The molecule has 0 saturated carbocycles. The van der Waals surface area contributed by atoms with Crippen molar-refractivity contribution < 1.29 is 19.0 Å². The highest BCUT2D eigenvalue weighted by molar-refractivity contribution is 5.94. The molecule has 1 heterocycles. The Morgan fingerprint density at radius 3 is 2.83 bits per heavy atom. The van der Waals surface area contributed by atoms with Crippen molar-refractivity contribution in [3.05, 3.63) is 29.6 Å². The zero-order chi connectivity index (χ0) is 13.3. The van der Waals surface area contributed by atoms with E-state index in [2.05, 4.69) is 0 Å². The van der Waals surface area contributed by atoms with Crippen LogP contribution in [-0.4, -0.2) is 36.4 Å². The Labute approximate surface area is 105 Å². The van der Waals surface area contributed by atoms with Gasteiger partial charge in [0.15, 0.2) is 0 Å². The second kappa shape index (κ2) is 4.57. The van der Waals surface area contributed by atoms with E-state index in [0.717, 1.165) is 6.07 Å². The Morgan fingerprint density at radius 2 is 2.22 bits per heavy atom. The molecule has 0 atom stereocenters. The fourth-order valence-electron chi connectivity index (χ4n) is 2.18. The molecule has 0 aromatic heterocycles. The maximum Gasteiger partial charge on any atom is 0.337 e. The fourth-order valence-corrected chi connectivity index (χ4v) is 2.18. The summed E-state index contributed by atoms with van der Waals surface area (Å²) < 4.78 is 18.7. The first-order chi connectivity index (χ1) is 8.39. The van der Waals surface area contributed by atoms with E-state index in [1.165, 1.54) is 12.1 Å². The van der Waals surface area contributed by atoms with Crippen molar-refractivity contribution in [2.75, 3.05) is 24.6 Å². The first-order valence-corrected chi connectivity index (χ1v) is 5.81. The molecule has 0 spiro atoms. The monoisotopic (exact) mass is 253 g/mol. The molecule has 1 saturated heterocycles. The van der Waals surface area contributed by atoms with Crippen LogP contribution in [0.1, 0.15) is 24.2 Å². The van der Waals surface area contributed by atoms with Crippen molar-refractivity contribution in [3.63, 3.8) is 0 Å². The molecular weight excluding hydrogens is 237 g/mol. The number of anilines is 1. The van der Waals surface area contributed by atoms with Crippen molar-refractivity contribution in [2.24, 2.45) is 0 Å². The number of carboxylic acids is 1. The van der Waals surface area contributed by atoms with Crippen molar-refractivity contribution in [1.29, 1.82) is 0 Å². The van der Waals surface area contributed by atoms with E-state index in [1.807, 2.05) is 18.7 Å². The van der Waals surface area contributed by atoms with Crippen molar-refractivity contribution in [3.8, 4) is 0 Å². The van der Waals surface area contributed by atoms with Gasteiger partial charge in [-0.15, -0.1) is 0 Å². The lowest BCUT2D eigenvalue weighted by molar-refractivity contribution is -0.0277. The minimum absolute atomic E-state index is 0.00676. The van der Waals surface area contributed by atoms with E-state index in [9.17, 15) is 9.18 Å². The van der Waals surface area contributed by atoms with Crippen LogP contribution in [0.15, 0.2) is 18.2 Å². The maximum absolute atomic E-state index is 13.1. The van der Waals surface area contributed by atoms with E-state index in [4.69, 9.17) is 9.84 Å². The van der Waals surface area contributed by atoms with Crippen molar-refractivity contribution in [2.45, 2.75) is 19.4 Å². The lowest BCUT2D eigenvalue weighted by Crippen LogP contribution is -2.48. The summed E-state index contributed by atoms with van der Waals surface area (Å²) in [5.74, 6) is -1.66. The molecule has 1 aliphatic rings. The van der Waals surface area contributed by atoms with Gasteiger partial charge in [-0.2, -0.15) is 0 Å². The Bertz CT molecular complexity index is 473. The zero-order valence-electron chi connectivity index (χ0n) is 10.4. The van der Waals surface area contributed by atoms with Gasteiger partial charge in [-0.25, -0.2) is 9.18 Å². The second-order valence-electron chi connectivity index (χ2n) is 5.00. The van der Waals surface area contributed by atoms with Gasteiger partial charge in [-0.05, 0) is 32.0 Å². The number of morpholine rings is 1. The summed E-state index contributed by atoms with van der Waals surface area (Å²) in [6.45, 7) is 5.62. The summed E-state index contributed by atoms with van der Waals surface area (Å²) in [6.07, 6.45) is 0. The largest absolute Gasteiger partial charge is 0.478 e. The molecule has 1 aliphatic heterocycles. The maximum atomic E-state index is 13.1. The lowest BCUT2D eigenvalue weighted by Gasteiger charge is -2.39. The standard InChI is InChI=1S/C13H16FNO3/c1-13(2)8-15(5-6-18-13)11-4-3-9(14)7-10(11)12(16)17/h3-4,7H,5-6,8H2,1-2H3,(H,16,17). The number of carbonyl (C=O) groups is 1. The summed E-state index contributed by atoms with van der Waals surface area (Å²) in [5, 5.41) is 9.13. The van der Waals surface area contributed by atoms with E-state index in [-0.39, 0.29) is 11.2 Å². The molecule has 0 amide bonds. The molecule has 5 heteroatoms. The highest BCUT2D eigenvalue weighted by atomic mass is 19.1. The number of hydrogen-bond acceptors (Lipinski definition) is 3. The van der Waals surface area contributed by atoms with Crippen molar-refractivity contribution >= 4 is 11.7 Å². The smallest absolute Gasteiger partial charge is 0.337 e. The van der Waals surface area contributed by atoms with Gasteiger partial charge >= 0.3 is 5.97 Å². The van der Waals surface area contributed by atoms with Crippen molar-refractivity contribution in [1.82, 2.24) is 0 Å². The van der Waals surface area contributed by atoms with Crippen LogP contribution in [0.5, 0.6) is 0 Å². The third kappa shape index (κ3) is 2.61.